The second-order valence-corrected chi connectivity index (χ2v) is 15.5. The fourth-order valence-electron chi connectivity index (χ4n) is 11.0. The molecular weight excluding hydrogens is 608 g/mol. The molecule has 1 aromatic carbocycles. The number of benzene rings is 1. The first-order valence-corrected chi connectivity index (χ1v) is 17.6. The Hall–Kier alpha value is -3.40. The number of ether oxygens (including phenoxy) is 2. The molecule has 0 saturated heterocycles. The predicted molar refractivity (Wildman–Crippen MR) is 182 cm³/mol. The number of hydrogen-bond donors (Lipinski definition) is 3. The van der Waals surface area contributed by atoms with Gasteiger partial charge in [-0.3, -0.25) is 4.79 Å². The minimum Gasteiger partial charge on any atom is -0.497 e. The fourth-order valence-corrected chi connectivity index (χ4v) is 11.0. The van der Waals surface area contributed by atoms with Crippen molar-refractivity contribution in [2.45, 2.75) is 76.9 Å². The fraction of sp³-hybridized carbons (Fsp3) is 0.590. The summed E-state index contributed by atoms with van der Waals surface area (Å²) in [6.07, 6.45) is 13.7. The lowest BCUT2D eigenvalue weighted by molar-refractivity contribution is -0.174. The first-order chi connectivity index (χ1) is 23.0. The maximum Gasteiger partial charge on any atom is 0.321 e. The van der Waals surface area contributed by atoms with Crippen LogP contribution in [0, 0.1) is 33.5 Å². The van der Waals surface area contributed by atoms with Gasteiger partial charge in [0, 0.05) is 47.8 Å². The molecule has 8 atom stereocenters. The van der Waals surface area contributed by atoms with Crippen LogP contribution in [0.5, 0.6) is 5.75 Å². The molecule has 9 nitrogen and oxygen atoms in total. The van der Waals surface area contributed by atoms with Crippen molar-refractivity contribution in [1.29, 1.82) is 0 Å². The van der Waals surface area contributed by atoms with Crippen molar-refractivity contribution in [3.05, 3.63) is 72.2 Å². The predicted octanol–water partition coefficient (Wildman–Crippen LogP) is 6.63. The third kappa shape index (κ3) is 4.75. The number of fused-ring (bicyclic) bond motifs is 1. The zero-order valence-corrected chi connectivity index (χ0v) is 28.7. The van der Waals surface area contributed by atoms with Gasteiger partial charge in [-0.15, -0.1) is 0 Å². The van der Waals surface area contributed by atoms with E-state index in [1.807, 2.05) is 0 Å². The van der Waals surface area contributed by atoms with E-state index in [2.05, 4.69) is 37.4 Å². The quantitative estimate of drug-likeness (QED) is 0.149. The van der Waals surface area contributed by atoms with Crippen molar-refractivity contribution < 1.29 is 33.7 Å². The minimum atomic E-state index is -1.18. The number of aliphatic hydroxyl groups excluding tert-OH is 1. The van der Waals surface area contributed by atoms with E-state index >= 15 is 0 Å². The van der Waals surface area contributed by atoms with Crippen molar-refractivity contribution in [2.24, 2.45) is 33.5 Å². The number of furan rings is 1. The zero-order valence-electron chi connectivity index (χ0n) is 28.7. The number of nitrogens with one attached hydrogen (secondary N) is 1. The Bertz CT molecular complexity index is 1600. The highest BCUT2D eigenvalue weighted by Crippen LogP contribution is 2.78. The number of Topliss-reactive ketones (excluding diaryl/α,β-unsaturated/α-hetero) is 1. The van der Waals surface area contributed by atoms with Crippen LogP contribution in [0.25, 0.3) is 0 Å². The number of carbonyl (C=O) groups is 2. The highest BCUT2D eigenvalue weighted by Gasteiger charge is 2.74. The Labute approximate surface area is 283 Å². The first kappa shape index (κ1) is 33.1. The van der Waals surface area contributed by atoms with Gasteiger partial charge in [0.15, 0.2) is 5.76 Å². The van der Waals surface area contributed by atoms with E-state index in [9.17, 15) is 19.8 Å². The van der Waals surface area contributed by atoms with E-state index in [-0.39, 0.29) is 35.6 Å². The Morgan fingerprint density at radius 3 is 2.44 bits per heavy atom. The van der Waals surface area contributed by atoms with E-state index in [0.717, 1.165) is 37.7 Å². The Morgan fingerprint density at radius 2 is 1.73 bits per heavy atom. The third-order valence-electron chi connectivity index (χ3n) is 13.6. The van der Waals surface area contributed by atoms with Gasteiger partial charge >= 0.3 is 6.03 Å². The first-order valence-electron chi connectivity index (χ1n) is 17.6. The molecule has 2 amide bonds. The van der Waals surface area contributed by atoms with Crippen LogP contribution in [-0.2, 0) is 4.74 Å². The Balaban J connectivity index is 1.24. The standard InChI is InChI=1S/C39H50N2O7/c1-35-15-12-27(42)23-37(35)18-19-39(29(24-37)33(43)30-7-5-22-48-30)31(35)13-16-36(2)32(39)14-17-38(36,45)25-41(20-6-21-46-3)34(44)40-26-8-10-28(47-4)11-9-26/h5,7-11,18-19,22,24,27,31-32,42,45H,6,12-17,20-21,23,25H2,1-4H3,(H,40,44)/t27?,31-,32-,35-,36+,37+,38-,39-/m1/s1. The molecule has 6 aliphatic rings. The number of amides is 2. The lowest BCUT2D eigenvalue weighted by Crippen LogP contribution is -2.67. The zero-order chi connectivity index (χ0) is 34.0. The summed E-state index contributed by atoms with van der Waals surface area (Å²) in [5, 5.41) is 26.8. The summed E-state index contributed by atoms with van der Waals surface area (Å²) in [7, 11) is 3.25. The number of aliphatic hydroxyl groups is 2. The molecule has 3 fully saturated rings. The average Bonchev–Trinajstić information content (AvgIpc) is 3.71. The molecular formula is C39H50N2O7. The molecule has 1 aromatic heterocycles. The van der Waals surface area contributed by atoms with Gasteiger partial charge < -0.3 is 34.3 Å². The average molecular weight is 659 g/mol. The smallest absolute Gasteiger partial charge is 0.321 e. The minimum absolute atomic E-state index is 0.0254. The van der Waals surface area contributed by atoms with Crippen LogP contribution in [0.2, 0.25) is 0 Å². The summed E-state index contributed by atoms with van der Waals surface area (Å²) < 4.78 is 16.3. The second kappa shape index (κ2) is 11.9. The molecule has 2 bridgehead atoms. The molecule has 3 saturated carbocycles. The van der Waals surface area contributed by atoms with Gasteiger partial charge in [-0.1, -0.05) is 32.1 Å². The summed E-state index contributed by atoms with van der Waals surface area (Å²) in [4.78, 5) is 30.0. The van der Waals surface area contributed by atoms with Gasteiger partial charge in [-0.25, -0.2) is 4.79 Å². The van der Waals surface area contributed by atoms with Crippen molar-refractivity contribution in [2.75, 3.05) is 39.2 Å². The van der Waals surface area contributed by atoms with Crippen molar-refractivity contribution in [3.8, 4) is 5.75 Å². The molecule has 3 N–H and O–H groups in total. The van der Waals surface area contributed by atoms with Gasteiger partial charge in [0.1, 0.15) is 5.75 Å². The lowest BCUT2D eigenvalue weighted by Gasteiger charge is -2.71. The highest BCUT2D eigenvalue weighted by molar-refractivity contribution is 6.08. The molecule has 2 spiro atoms. The number of methoxy groups -OCH3 is 2. The molecule has 8 rings (SSSR count). The molecule has 1 heterocycles. The van der Waals surface area contributed by atoms with Crippen LogP contribution in [0.3, 0.4) is 0 Å². The number of hydrogen-bond acceptors (Lipinski definition) is 7. The van der Waals surface area contributed by atoms with Gasteiger partial charge in [-0.2, -0.15) is 0 Å². The van der Waals surface area contributed by atoms with Crippen molar-refractivity contribution in [1.82, 2.24) is 4.90 Å². The van der Waals surface area contributed by atoms with Crippen LogP contribution < -0.4 is 10.1 Å². The normalized spacial score (nSPS) is 37.6. The van der Waals surface area contributed by atoms with Gasteiger partial charge in [-0.05, 0) is 105 Å². The maximum absolute atomic E-state index is 14.4. The number of urea groups is 1. The Kier molecular flexibility index (Phi) is 8.20. The van der Waals surface area contributed by atoms with Crippen LogP contribution in [-0.4, -0.2) is 72.5 Å². The Morgan fingerprint density at radius 1 is 1.00 bits per heavy atom. The molecule has 0 aliphatic heterocycles. The molecule has 0 radical (unpaired) electrons. The van der Waals surface area contributed by atoms with E-state index in [0.29, 0.717) is 49.6 Å². The third-order valence-corrected chi connectivity index (χ3v) is 13.6. The summed E-state index contributed by atoms with van der Waals surface area (Å²) >= 11 is 0. The number of ketones is 1. The molecule has 1 unspecified atom stereocenters. The van der Waals surface area contributed by atoms with E-state index < -0.39 is 27.9 Å². The van der Waals surface area contributed by atoms with Crippen molar-refractivity contribution in [3.63, 3.8) is 0 Å². The molecule has 2 aromatic rings. The van der Waals surface area contributed by atoms with E-state index in [1.165, 1.54) is 0 Å². The van der Waals surface area contributed by atoms with Crippen LogP contribution >= 0.6 is 0 Å². The molecule has 258 valence electrons. The number of allylic oxidation sites excluding steroid dienone is 4. The van der Waals surface area contributed by atoms with Gasteiger partial charge in [0.2, 0.25) is 5.78 Å². The van der Waals surface area contributed by atoms with Crippen LogP contribution in [0.4, 0.5) is 10.5 Å². The number of rotatable bonds is 10. The lowest BCUT2D eigenvalue weighted by atomic mass is 9.32. The number of nitrogens with zero attached hydrogens (tertiary/aromatic N) is 1. The SMILES string of the molecule is COCCCN(C[C@]1(O)CC[C@H]2[C@]34C=C[C@@]5(C=C3C(=O)c3ccco3)CC(O)CC[C@]5(C)[C@H]4CC[C@@]21C)C(=O)Nc1ccc(OC)cc1. The van der Waals surface area contributed by atoms with E-state index in [1.54, 1.807) is 61.8 Å². The highest BCUT2D eigenvalue weighted by atomic mass is 16.5. The summed E-state index contributed by atoms with van der Waals surface area (Å²) in [5.74, 6) is 1.08. The van der Waals surface area contributed by atoms with Gasteiger partial charge in [0.25, 0.3) is 0 Å². The second-order valence-electron chi connectivity index (χ2n) is 15.5. The molecule has 6 aliphatic carbocycles. The van der Waals surface area contributed by atoms with Gasteiger partial charge in [0.05, 0.1) is 31.6 Å². The van der Waals surface area contributed by atoms with Crippen LogP contribution in [0.15, 0.2) is 70.9 Å². The summed E-state index contributed by atoms with van der Waals surface area (Å²) in [6, 6.07) is 10.4. The van der Waals surface area contributed by atoms with Crippen molar-refractivity contribution >= 4 is 17.5 Å². The topological polar surface area (TPSA) is 121 Å². The monoisotopic (exact) mass is 658 g/mol. The van der Waals surface area contributed by atoms with E-state index in [4.69, 9.17) is 13.9 Å². The number of anilines is 1. The largest absolute Gasteiger partial charge is 0.497 e. The number of carbonyl (C=O) groups excluding carboxylic acids is 2. The molecule has 48 heavy (non-hydrogen) atoms. The summed E-state index contributed by atoms with van der Waals surface area (Å²) in [5.41, 5.74) is -1.47. The summed E-state index contributed by atoms with van der Waals surface area (Å²) in [6.45, 7) is 5.67. The van der Waals surface area contributed by atoms with Crippen LogP contribution in [0.1, 0.15) is 75.8 Å². The molecule has 9 heteroatoms. The maximum atomic E-state index is 14.4.